The molecule has 114 valence electrons. The number of fused-ring (bicyclic) bond motifs is 1. The van der Waals surface area contributed by atoms with Gasteiger partial charge < -0.3 is 15.4 Å². The largest absolute Gasteiger partial charge is 0.444 e. The van der Waals surface area contributed by atoms with Gasteiger partial charge in [0.25, 0.3) is 0 Å². The van der Waals surface area contributed by atoms with Gasteiger partial charge in [0.05, 0.1) is 0 Å². The normalized spacial score (nSPS) is 14.8. The number of nitrogens with one attached hydrogen (secondary N) is 2. The summed E-state index contributed by atoms with van der Waals surface area (Å²) in [4.78, 5) is 11.5. The first-order valence-corrected chi connectivity index (χ1v) is 7.40. The van der Waals surface area contributed by atoms with E-state index >= 15 is 0 Å². The number of ether oxygens (including phenoxy) is 1. The van der Waals surface area contributed by atoms with Gasteiger partial charge in [-0.1, -0.05) is 30.4 Å². The van der Waals surface area contributed by atoms with Crippen LogP contribution < -0.4 is 10.6 Å². The number of carbonyl (C=O) groups is 1. The maximum absolute atomic E-state index is 11.5. The minimum Gasteiger partial charge on any atom is -0.444 e. The van der Waals surface area contributed by atoms with Crippen molar-refractivity contribution in [3.63, 3.8) is 0 Å². The van der Waals surface area contributed by atoms with Crippen molar-refractivity contribution in [1.29, 1.82) is 0 Å². The molecule has 2 rings (SSSR count). The molecule has 0 atom stereocenters. The standard InChI is InChI=1S/C17H24N2O2/c1-17(2,3)21-16(20)19-10-5-8-13-6-4-7-14-12-18-11-9-15(13)14/h4-8,18H,9-12H2,1-3H3,(H,19,20). The maximum atomic E-state index is 11.5. The van der Waals surface area contributed by atoms with E-state index < -0.39 is 5.60 Å². The van der Waals surface area contributed by atoms with Crippen molar-refractivity contribution in [3.05, 3.63) is 41.0 Å². The summed E-state index contributed by atoms with van der Waals surface area (Å²) < 4.78 is 5.19. The van der Waals surface area contributed by atoms with Crippen LogP contribution in [0.15, 0.2) is 24.3 Å². The molecule has 0 spiro atoms. The molecule has 0 saturated heterocycles. The zero-order valence-corrected chi connectivity index (χ0v) is 13.0. The number of alkyl carbamates (subject to hydrolysis) is 1. The lowest BCUT2D eigenvalue weighted by atomic mass is 9.95. The molecule has 4 nitrogen and oxygen atoms in total. The second kappa shape index (κ2) is 6.76. The van der Waals surface area contributed by atoms with Crippen LogP contribution >= 0.6 is 0 Å². The SMILES string of the molecule is CC(C)(C)OC(=O)NCC=Cc1cccc2c1CCNC2. The van der Waals surface area contributed by atoms with E-state index in [0.717, 1.165) is 19.5 Å². The van der Waals surface area contributed by atoms with Crippen LogP contribution in [-0.4, -0.2) is 24.8 Å². The Morgan fingerprint density at radius 3 is 3.00 bits per heavy atom. The lowest BCUT2D eigenvalue weighted by molar-refractivity contribution is 0.0534. The molecule has 1 aromatic rings. The highest BCUT2D eigenvalue weighted by Gasteiger charge is 2.15. The van der Waals surface area contributed by atoms with Crippen LogP contribution in [0.5, 0.6) is 0 Å². The number of amides is 1. The summed E-state index contributed by atoms with van der Waals surface area (Å²) >= 11 is 0. The predicted octanol–water partition coefficient (Wildman–Crippen LogP) is 2.87. The fourth-order valence-corrected chi connectivity index (χ4v) is 2.36. The molecule has 4 heteroatoms. The van der Waals surface area contributed by atoms with Crippen molar-refractivity contribution in [2.24, 2.45) is 0 Å². The maximum Gasteiger partial charge on any atom is 0.407 e. The molecule has 2 N–H and O–H groups in total. The topological polar surface area (TPSA) is 50.4 Å². The molecule has 0 fully saturated rings. The lowest BCUT2D eigenvalue weighted by Crippen LogP contribution is -2.32. The number of rotatable bonds is 3. The third-order valence-corrected chi connectivity index (χ3v) is 3.24. The predicted molar refractivity (Wildman–Crippen MR) is 85.1 cm³/mol. The molecule has 0 unspecified atom stereocenters. The van der Waals surface area contributed by atoms with E-state index in [9.17, 15) is 4.79 Å². The highest BCUT2D eigenvalue weighted by molar-refractivity contribution is 5.68. The Bertz CT molecular complexity index is 530. The first-order chi connectivity index (χ1) is 9.96. The first kappa shape index (κ1) is 15.6. The smallest absolute Gasteiger partial charge is 0.407 e. The van der Waals surface area contributed by atoms with E-state index in [1.165, 1.54) is 16.7 Å². The van der Waals surface area contributed by atoms with Gasteiger partial charge in [-0.15, -0.1) is 0 Å². The van der Waals surface area contributed by atoms with Gasteiger partial charge >= 0.3 is 6.09 Å². The van der Waals surface area contributed by atoms with Gasteiger partial charge in [0.2, 0.25) is 0 Å². The molecule has 1 heterocycles. The third-order valence-electron chi connectivity index (χ3n) is 3.24. The zero-order valence-electron chi connectivity index (χ0n) is 13.0. The van der Waals surface area contributed by atoms with E-state index in [1.54, 1.807) is 0 Å². The van der Waals surface area contributed by atoms with E-state index in [-0.39, 0.29) is 6.09 Å². The van der Waals surface area contributed by atoms with Gasteiger partial charge in [-0.25, -0.2) is 4.79 Å². The quantitative estimate of drug-likeness (QED) is 0.899. The first-order valence-electron chi connectivity index (χ1n) is 7.40. The van der Waals surface area contributed by atoms with Crippen molar-refractivity contribution in [3.8, 4) is 0 Å². The molecule has 0 radical (unpaired) electrons. The highest BCUT2D eigenvalue weighted by atomic mass is 16.6. The monoisotopic (exact) mass is 288 g/mol. The molecule has 1 aromatic carbocycles. The summed E-state index contributed by atoms with van der Waals surface area (Å²) in [5, 5.41) is 6.10. The van der Waals surface area contributed by atoms with Crippen LogP contribution in [0.4, 0.5) is 4.79 Å². The van der Waals surface area contributed by atoms with Crippen molar-refractivity contribution in [2.75, 3.05) is 13.1 Å². The summed E-state index contributed by atoms with van der Waals surface area (Å²) in [6, 6.07) is 6.36. The number of carbonyl (C=O) groups excluding carboxylic acids is 1. The Kier molecular flexibility index (Phi) is 5.02. The van der Waals surface area contributed by atoms with Gasteiger partial charge in [0, 0.05) is 13.1 Å². The summed E-state index contributed by atoms with van der Waals surface area (Å²) in [5.74, 6) is 0. The summed E-state index contributed by atoms with van der Waals surface area (Å²) in [6.07, 6.45) is 4.70. The van der Waals surface area contributed by atoms with Crippen LogP contribution in [0.3, 0.4) is 0 Å². The van der Waals surface area contributed by atoms with Crippen molar-refractivity contribution in [1.82, 2.24) is 10.6 Å². The molecule has 0 saturated carbocycles. The van der Waals surface area contributed by atoms with Crippen LogP contribution in [0.25, 0.3) is 6.08 Å². The minimum atomic E-state index is -0.459. The Balaban J connectivity index is 1.89. The lowest BCUT2D eigenvalue weighted by Gasteiger charge is -2.19. The third kappa shape index (κ3) is 4.90. The van der Waals surface area contributed by atoms with Gasteiger partial charge in [-0.3, -0.25) is 0 Å². The Labute approximate surface area is 126 Å². The number of hydrogen-bond donors (Lipinski definition) is 2. The second-order valence-corrected chi connectivity index (χ2v) is 6.20. The molecular weight excluding hydrogens is 264 g/mol. The van der Waals surface area contributed by atoms with E-state index in [4.69, 9.17) is 4.74 Å². The Morgan fingerprint density at radius 1 is 1.43 bits per heavy atom. The van der Waals surface area contributed by atoms with Gasteiger partial charge in [-0.05, 0) is 50.4 Å². The van der Waals surface area contributed by atoms with Crippen LogP contribution in [0.2, 0.25) is 0 Å². The van der Waals surface area contributed by atoms with Crippen molar-refractivity contribution in [2.45, 2.75) is 39.3 Å². The molecule has 1 aliphatic rings. The number of hydrogen-bond acceptors (Lipinski definition) is 3. The zero-order chi connectivity index (χ0) is 15.3. The summed E-state index contributed by atoms with van der Waals surface area (Å²) in [6.45, 7) is 7.99. The molecule has 0 aromatic heterocycles. The molecule has 0 aliphatic carbocycles. The molecule has 21 heavy (non-hydrogen) atoms. The minimum absolute atomic E-state index is 0.383. The van der Waals surface area contributed by atoms with E-state index in [1.807, 2.05) is 26.8 Å². The van der Waals surface area contributed by atoms with Gasteiger partial charge in [-0.2, -0.15) is 0 Å². The van der Waals surface area contributed by atoms with Crippen LogP contribution in [-0.2, 0) is 17.7 Å². The Morgan fingerprint density at radius 2 is 2.24 bits per heavy atom. The molecule has 1 amide bonds. The molecule has 1 aliphatic heterocycles. The van der Waals surface area contributed by atoms with Crippen molar-refractivity contribution >= 4 is 12.2 Å². The summed E-state index contributed by atoms with van der Waals surface area (Å²) in [5.41, 5.74) is 3.55. The van der Waals surface area contributed by atoms with Crippen LogP contribution in [0, 0.1) is 0 Å². The van der Waals surface area contributed by atoms with Crippen LogP contribution in [0.1, 0.15) is 37.5 Å². The van der Waals surface area contributed by atoms with E-state index in [2.05, 4.69) is 34.9 Å². The van der Waals surface area contributed by atoms with Gasteiger partial charge in [0.15, 0.2) is 0 Å². The highest BCUT2D eigenvalue weighted by Crippen LogP contribution is 2.19. The summed E-state index contributed by atoms with van der Waals surface area (Å²) in [7, 11) is 0. The second-order valence-electron chi connectivity index (χ2n) is 6.20. The average molecular weight is 288 g/mol. The fourth-order valence-electron chi connectivity index (χ4n) is 2.36. The Hall–Kier alpha value is -1.81. The van der Waals surface area contributed by atoms with E-state index in [0.29, 0.717) is 6.54 Å². The molecular formula is C17H24N2O2. The fraction of sp³-hybridized carbons (Fsp3) is 0.471. The number of benzene rings is 1. The van der Waals surface area contributed by atoms with Crippen molar-refractivity contribution < 1.29 is 9.53 Å². The average Bonchev–Trinajstić information content (AvgIpc) is 2.42. The molecule has 0 bridgehead atoms. The van der Waals surface area contributed by atoms with Gasteiger partial charge in [0.1, 0.15) is 5.60 Å².